The molecule has 0 fully saturated rings. The van der Waals surface area contributed by atoms with Crippen molar-refractivity contribution in [3.05, 3.63) is 59.7 Å². The van der Waals surface area contributed by atoms with E-state index >= 15 is 0 Å². The van der Waals surface area contributed by atoms with E-state index in [1.807, 2.05) is 0 Å². The third-order valence-corrected chi connectivity index (χ3v) is 7.24. The van der Waals surface area contributed by atoms with Gasteiger partial charge in [-0.05, 0) is 17.5 Å². The predicted molar refractivity (Wildman–Crippen MR) is 74.7 cm³/mol. The summed E-state index contributed by atoms with van der Waals surface area (Å²) in [6.45, 7) is 0. The molecule has 0 radical (unpaired) electrons. The minimum Gasteiger partial charge on any atom is -0.391 e. The number of hydrogen-bond donors (Lipinski definition) is 0. The minimum absolute atomic E-state index is 0.966. The first-order valence-corrected chi connectivity index (χ1v) is 7.90. The summed E-state index contributed by atoms with van der Waals surface area (Å²) >= 11 is 0. The predicted octanol–water partition coefficient (Wildman–Crippen LogP) is 1.44. The molecule has 18 heavy (non-hydrogen) atoms. The third kappa shape index (κ3) is 1.48. The summed E-state index contributed by atoms with van der Waals surface area (Å²) in [5.41, 5.74) is 2.65. The maximum Gasteiger partial charge on any atom is 0.407 e. The van der Waals surface area contributed by atoms with Gasteiger partial charge in [-0.2, -0.15) is 0 Å². The van der Waals surface area contributed by atoms with Gasteiger partial charge in [0.1, 0.15) is 0 Å². The average Bonchev–Trinajstić information content (AvgIpc) is 2.45. The molecule has 0 amide bonds. The van der Waals surface area contributed by atoms with Crippen LogP contribution in [0.4, 0.5) is 0 Å². The van der Waals surface area contributed by atoms with Gasteiger partial charge in [-0.3, -0.25) is 0 Å². The highest BCUT2D eigenvalue weighted by Crippen LogP contribution is 2.20. The Kier molecular flexibility index (Phi) is 2.82. The molecule has 0 saturated heterocycles. The molecule has 2 nitrogen and oxygen atoms in total. The quantitative estimate of drug-likeness (QED) is 0.757. The van der Waals surface area contributed by atoms with Gasteiger partial charge in [-0.25, -0.2) is 0 Å². The lowest BCUT2D eigenvalue weighted by Crippen LogP contribution is -2.66. The Bertz CT molecular complexity index is 529. The number of benzene rings is 2. The summed E-state index contributed by atoms with van der Waals surface area (Å²) in [5.74, 6) is 0. The molecule has 3 rings (SSSR count). The number of fused-ring (bicyclic) bond motifs is 2. The van der Waals surface area contributed by atoms with E-state index < -0.39 is 8.56 Å². The monoisotopic (exact) mass is 256 g/mol. The Morgan fingerprint density at radius 1 is 0.778 bits per heavy atom. The molecular weight excluding hydrogens is 240 g/mol. The lowest BCUT2D eigenvalue weighted by Gasteiger charge is -2.35. The zero-order valence-corrected chi connectivity index (χ0v) is 11.6. The van der Waals surface area contributed by atoms with Crippen molar-refractivity contribution in [2.24, 2.45) is 0 Å². The first kappa shape index (κ1) is 11.7. The van der Waals surface area contributed by atoms with Gasteiger partial charge >= 0.3 is 8.56 Å². The Morgan fingerprint density at radius 3 is 1.67 bits per heavy atom. The topological polar surface area (TPSA) is 18.5 Å². The molecule has 1 aliphatic rings. The van der Waals surface area contributed by atoms with Crippen molar-refractivity contribution >= 4 is 18.9 Å². The highest BCUT2D eigenvalue weighted by atomic mass is 28.4. The van der Waals surface area contributed by atoms with Crippen molar-refractivity contribution in [1.29, 1.82) is 0 Å². The Morgan fingerprint density at radius 2 is 1.22 bits per heavy atom. The van der Waals surface area contributed by atoms with Crippen LogP contribution in [0.5, 0.6) is 0 Å². The second kappa shape index (κ2) is 4.35. The molecule has 0 saturated carbocycles. The second-order valence-electron chi connectivity index (χ2n) is 4.52. The van der Waals surface area contributed by atoms with Crippen molar-refractivity contribution in [2.45, 2.75) is 6.42 Å². The summed E-state index contributed by atoms with van der Waals surface area (Å²) < 4.78 is 11.8. The van der Waals surface area contributed by atoms with Gasteiger partial charge in [0, 0.05) is 24.6 Å². The fraction of sp³-hybridized carbons (Fsp3) is 0.200. The summed E-state index contributed by atoms with van der Waals surface area (Å²) in [5, 5.41) is 2.49. The zero-order chi connectivity index (χ0) is 12.6. The van der Waals surface area contributed by atoms with E-state index in [-0.39, 0.29) is 0 Å². The van der Waals surface area contributed by atoms with Crippen LogP contribution in [0.2, 0.25) is 0 Å². The van der Waals surface area contributed by atoms with E-state index in [9.17, 15) is 0 Å². The van der Waals surface area contributed by atoms with Crippen LogP contribution >= 0.6 is 0 Å². The van der Waals surface area contributed by atoms with Gasteiger partial charge in [0.2, 0.25) is 0 Å². The molecule has 2 aromatic rings. The van der Waals surface area contributed by atoms with Crippen molar-refractivity contribution < 1.29 is 8.85 Å². The average molecular weight is 256 g/mol. The van der Waals surface area contributed by atoms with E-state index in [0.717, 1.165) is 6.42 Å². The van der Waals surface area contributed by atoms with Gasteiger partial charge in [-0.1, -0.05) is 48.5 Å². The van der Waals surface area contributed by atoms with Crippen molar-refractivity contribution in [1.82, 2.24) is 0 Å². The van der Waals surface area contributed by atoms with Crippen LogP contribution in [-0.4, -0.2) is 22.8 Å². The van der Waals surface area contributed by atoms with Crippen LogP contribution in [0, 0.1) is 0 Å². The van der Waals surface area contributed by atoms with E-state index in [0.29, 0.717) is 0 Å². The van der Waals surface area contributed by atoms with E-state index in [1.165, 1.54) is 21.5 Å². The molecule has 1 aliphatic heterocycles. The Labute approximate surface area is 108 Å². The Hall–Kier alpha value is -1.42. The van der Waals surface area contributed by atoms with Crippen LogP contribution in [0.25, 0.3) is 0 Å². The summed E-state index contributed by atoms with van der Waals surface area (Å²) in [6, 6.07) is 16.9. The molecule has 0 atom stereocenters. The maximum atomic E-state index is 5.90. The van der Waals surface area contributed by atoms with Crippen LogP contribution in [0.3, 0.4) is 0 Å². The largest absolute Gasteiger partial charge is 0.407 e. The van der Waals surface area contributed by atoms with Gasteiger partial charge < -0.3 is 8.85 Å². The first-order chi connectivity index (χ1) is 8.81. The highest BCUT2D eigenvalue weighted by molar-refractivity contribution is 6.93. The highest BCUT2D eigenvalue weighted by Gasteiger charge is 2.46. The smallest absolute Gasteiger partial charge is 0.391 e. The summed E-state index contributed by atoms with van der Waals surface area (Å²) in [6.07, 6.45) is 0.966. The Balaban J connectivity index is 2.30. The summed E-state index contributed by atoms with van der Waals surface area (Å²) in [7, 11) is 1.05. The third-order valence-electron chi connectivity index (χ3n) is 3.70. The van der Waals surface area contributed by atoms with Crippen LogP contribution in [0.15, 0.2) is 48.5 Å². The lowest BCUT2D eigenvalue weighted by molar-refractivity contribution is 0.271. The number of rotatable bonds is 2. The van der Waals surface area contributed by atoms with Crippen LogP contribution in [-0.2, 0) is 15.3 Å². The molecular formula is C15H16O2Si. The minimum atomic E-state index is -2.47. The van der Waals surface area contributed by atoms with Gasteiger partial charge in [0.25, 0.3) is 0 Å². The van der Waals surface area contributed by atoms with Crippen LogP contribution < -0.4 is 10.4 Å². The SMILES string of the molecule is CO[Si]1(OC)c2ccccc2Cc2ccccc21. The molecule has 92 valence electrons. The van der Waals surface area contributed by atoms with Gasteiger partial charge in [0.15, 0.2) is 0 Å². The maximum absolute atomic E-state index is 5.90. The molecule has 2 aromatic carbocycles. The lowest BCUT2D eigenvalue weighted by atomic mass is 10.0. The zero-order valence-electron chi connectivity index (χ0n) is 10.6. The molecule has 0 unspecified atom stereocenters. The molecule has 0 aliphatic carbocycles. The first-order valence-electron chi connectivity index (χ1n) is 6.09. The summed E-state index contributed by atoms with van der Waals surface area (Å²) in [4.78, 5) is 0. The normalized spacial score (nSPS) is 15.9. The standard InChI is InChI=1S/C15H16O2Si/c1-16-18(17-2)14-9-5-3-7-12(14)11-13-8-4-6-10-15(13)18/h3-10H,11H2,1-2H3. The molecule has 3 heteroatoms. The number of hydrogen-bond acceptors (Lipinski definition) is 2. The van der Waals surface area contributed by atoms with Gasteiger partial charge in [0.05, 0.1) is 0 Å². The molecule has 0 N–H and O–H groups in total. The van der Waals surface area contributed by atoms with Gasteiger partial charge in [-0.15, -0.1) is 0 Å². The van der Waals surface area contributed by atoms with Crippen molar-refractivity contribution in [2.75, 3.05) is 14.2 Å². The van der Waals surface area contributed by atoms with Crippen molar-refractivity contribution in [3.8, 4) is 0 Å². The molecule has 1 heterocycles. The fourth-order valence-corrected chi connectivity index (χ4v) is 6.02. The van der Waals surface area contributed by atoms with E-state index in [2.05, 4.69) is 48.5 Å². The second-order valence-corrected chi connectivity index (χ2v) is 7.64. The van der Waals surface area contributed by atoms with E-state index in [1.54, 1.807) is 14.2 Å². The molecule has 0 spiro atoms. The van der Waals surface area contributed by atoms with Crippen LogP contribution in [0.1, 0.15) is 11.1 Å². The fourth-order valence-electron chi connectivity index (χ4n) is 2.86. The van der Waals surface area contributed by atoms with E-state index in [4.69, 9.17) is 8.85 Å². The van der Waals surface area contributed by atoms with Crippen molar-refractivity contribution in [3.63, 3.8) is 0 Å². The molecule has 0 aromatic heterocycles. The molecule has 0 bridgehead atoms.